The predicted octanol–water partition coefficient (Wildman–Crippen LogP) is 4.96. The Morgan fingerprint density at radius 3 is 2.63 bits per heavy atom. The summed E-state index contributed by atoms with van der Waals surface area (Å²) in [4.78, 5) is 4.40. The molecular weight excluding hydrogens is 363 g/mol. The van der Waals surface area contributed by atoms with Crippen LogP contribution >= 0.6 is 12.4 Å². The van der Waals surface area contributed by atoms with Crippen LogP contribution in [0.2, 0.25) is 0 Å². The van der Waals surface area contributed by atoms with Gasteiger partial charge in [-0.3, -0.25) is 4.98 Å². The highest BCUT2D eigenvalue weighted by Crippen LogP contribution is 2.33. The van der Waals surface area contributed by atoms with Crippen LogP contribution in [0.3, 0.4) is 0 Å². The van der Waals surface area contributed by atoms with Crippen LogP contribution in [0.5, 0.6) is 5.75 Å². The molecule has 0 saturated heterocycles. The highest BCUT2D eigenvalue weighted by atomic mass is 35.5. The van der Waals surface area contributed by atoms with E-state index in [4.69, 9.17) is 4.74 Å². The van der Waals surface area contributed by atoms with Gasteiger partial charge in [0, 0.05) is 18.0 Å². The number of halogens is 2. The van der Waals surface area contributed by atoms with Gasteiger partial charge in [0.25, 0.3) is 0 Å². The van der Waals surface area contributed by atoms with E-state index < -0.39 is 0 Å². The molecule has 1 aliphatic rings. The summed E-state index contributed by atoms with van der Waals surface area (Å²) >= 11 is 0. The molecule has 0 radical (unpaired) electrons. The fourth-order valence-corrected chi connectivity index (χ4v) is 3.58. The van der Waals surface area contributed by atoms with Crippen LogP contribution in [0.4, 0.5) is 4.39 Å². The molecule has 2 heterocycles. The first kappa shape index (κ1) is 19.3. The fraction of sp³-hybridized carbons (Fsp3) is 0.227. The van der Waals surface area contributed by atoms with Crippen molar-refractivity contribution in [3.05, 3.63) is 83.9 Å². The number of para-hydroxylation sites is 1. The summed E-state index contributed by atoms with van der Waals surface area (Å²) in [6, 6.07) is 16.8. The van der Waals surface area contributed by atoms with Gasteiger partial charge < -0.3 is 10.1 Å². The quantitative estimate of drug-likeness (QED) is 0.690. The number of aryl methyl sites for hydroxylation is 1. The van der Waals surface area contributed by atoms with Gasteiger partial charge in [-0.1, -0.05) is 30.3 Å². The molecule has 1 aromatic heterocycles. The Kier molecular flexibility index (Phi) is 6.09. The second-order valence-corrected chi connectivity index (χ2v) is 6.58. The average molecular weight is 385 g/mol. The van der Waals surface area contributed by atoms with E-state index in [0.717, 1.165) is 35.3 Å². The zero-order chi connectivity index (χ0) is 17.9. The van der Waals surface area contributed by atoms with Crippen LogP contribution in [0.1, 0.15) is 23.6 Å². The van der Waals surface area contributed by atoms with E-state index >= 15 is 0 Å². The van der Waals surface area contributed by atoms with Crippen LogP contribution in [0.15, 0.2) is 67.0 Å². The molecule has 0 aliphatic carbocycles. The van der Waals surface area contributed by atoms with Crippen molar-refractivity contribution in [1.82, 2.24) is 10.3 Å². The highest BCUT2D eigenvalue weighted by Gasteiger charge is 2.28. The maximum absolute atomic E-state index is 13.2. The molecule has 5 heteroatoms. The minimum Gasteiger partial charge on any atom is -0.488 e. The van der Waals surface area contributed by atoms with Crippen molar-refractivity contribution in [3.63, 3.8) is 0 Å². The second kappa shape index (κ2) is 8.51. The molecule has 0 saturated carbocycles. The predicted molar refractivity (Wildman–Crippen MR) is 108 cm³/mol. The SMILES string of the molecule is CNC(c1cncc(-c2ccc(F)cc2)c1)[C@H]1CCc2ccccc2O1.Cl. The van der Waals surface area contributed by atoms with Crippen molar-refractivity contribution >= 4 is 12.4 Å². The summed E-state index contributed by atoms with van der Waals surface area (Å²) < 4.78 is 19.4. The Labute approximate surface area is 165 Å². The Balaban J connectivity index is 0.00000210. The van der Waals surface area contributed by atoms with Crippen molar-refractivity contribution in [2.75, 3.05) is 7.05 Å². The van der Waals surface area contributed by atoms with Crippen LogP contribution in [0.25, 0.3) is 11.1 Å². The van der Waals surface area contributed by atoms with Crippen LogP contribution in [-0.2, 0) is 6.42 Å². The molecule has 0 spiro atoms. The molecule has 0 bridgehead atoms. The smallest absolute Gasteiger partial charge is 0.123 e. The fourth-order valence-electron chi connectivity index (χ4n) is 3.58. The molecule has 3 nitrogen and oxygen atoms in total. The first-order valence-corrected chi connectivity index (χ1v) is 8.87. The topological polar surface area (TPSA) is 34.2 Å². The molecule has 0 amide bonds. The molecule has 3 aromatic rings. The third-order valence-corrected chi connectivity index (χ3v) is 4.93. The molecule has 2 atom stereocenters. The number of aromatic nitrogens is 1. The van der Waals surface area contributed by atoms with E-state index in [2.05, 4.69) is 22.4 Å². The van der Waals surface area contributed by atoms with Crippen molar-refractivity contribution in [1.29, 1.82) is 0 Å². The van der Waals surface area contributed by atoms with Gasteiger partial charge in [-0.15, -0.1) is 12.4 Å². The summed E-state index contributed by atoms with van der Waals surface area (Å²) in [5.41, 5.74) is 4.25. The maximum Gasteiger partial charge on any atom is 0.123 e. The van der Waals surface area contributed by atoms with Gasteiger partial charge in [0.05, 0.1) is 6.04 Å². The summed E-state index contributed by atoms with van der Waals surface area (Å²) in [6.45, 7) is 0. The van der Waals surface area contributed by atoms with E-state index in [-0.39, 0.29) is 30.4 Å². The van der Waals surface area contributed by atoms with E-state index in [1.165, 1.54) is 17.7 Å². The lowest BCUT2D eigenvalue weighted by Crippen LogP contribution is -2.36. The number of nitrogens with zero attached hydrogens (tertiary/aromatic N) is 1. The van der Waals surface area contributed by atoms with Crippen LogP contribution < -0.4 is 10.1 Å². The van der Waals surface area contributed by atoms with Crippen LogP contribution in [0, 0.1) is 5.82 Å². The Bertz CT molecular complexity index is 901. The molecule has 27 heavy (non-hydrogen) atoms. The monoisotopic (exact) mass is 384 g/mol. The lowest BCUT2D eigenvalue weighted by atomic mass is 9.93. The van der Waals surface area contributed by atoms with Gasteiger partial charge in [-0.05, 0) is 60.8 Å². The number of rotatable bonds is 4. The van der Waals surface area contributed by atoms with Crippen molar-refractivity contribution in [2.45, 2.75) is 25.0 Å². The van der Waals surface area contributed by atoms with Gasteiger partial charge in [0.15, 0.2) is 0 Å². The van der Waals surface area contributed by atoms with E-state index in [0.29, 0.717) is 0 Å². The lowest BCUT2D eigenvalue weighted by Gasteiger charge is -2.32. The first-order valence-electron chi connectivity index (χ1n) is 8.87. The van der Waals surface area contributed by atoms with E-state index in [1.54, 1.807) is 18.3 Å². The minimum atomic E-state index is -0.236. The molecule has 1 aliphatic heterocycles. The van der Waals surface area contributed by atoms with Crippen molar-refractivity contribution in [2.24, 2.45) is 0 Å². The largest absolute Gasteiger partial charge is 0.488 e. The Hall–Kier alpha value is -2.43. The molecule has 1 N–H and O–H groups in total. The lowest BCUT2D eigenvalue weighted by molar-refractivity contribution is 0.132. The number of benzene rings is 2. The molecule has 0 fully saturated rings. The summed E-state index contributed by atoms with van der Waals surface area (Å²) in [7, 11) is 1.94. The van der Waals surface area contributed by atoms with Gasteiger partial charge in [-0.2, -0.15) is 0 Å². The molecule has 1 unspecified atom stereocenters. The minimum absolute atomic E-state index is 0. The highest BCUT2D eigenvalue weighted by molar-refractivity contribution is 5.85. The Morgan fingerprint density at radius 2 is 1.85 bits per heavy atom. The third-order valence-electron chi connectivity index (χ3n) is 4.93. The van der Waals surface area contributed by atoms with Gasteiger partial charge in [0.2, 0.25) is 0 Å². The van der Waals surface area contributed by atoms with Gasteiger partial charge >= 0.3 is 0 Å². The molecular formula is C22H22ClFN2O. The van der Waals surface area contributed by atoms with E-state index in [9.17, 15) is 4.39 Å². The average Bonchev–Trinajstić information content (AvgIpc) is 2.69. The molecule has 140 valence electrons. The summed E-state index contributed by atoms with van der Waals surface area (Å²) in [6.07, 6.45) is 5.67. The summed E-state index contributed by atoms with van der Waals surface area (Å²) in [5.74, 6) is 0.729. The van der Waals surface area contributed by atoms with Gasteiger partial charge in [-0.25, -0.2) is 4.39 Å². The first-order chi connectivity index (χ1) is 12.7. The normalized spacial score (nSPS) is 16.6. The number of hydrogen-bond acceptors (Lipinski definition) is 3. The van der Waals surface area contributed by atoms with Crippen molar-refractivity contribution < 1.29 is 9.13 Å². The van der Waals surface area contributed by atoms with Gasteiger partial charge in [0.1, 0.15) is 17.7 Å². The second-order valence-electron chi connectivity index (χ2n) is 6.58. The van der Waals surface area contributed by atoms with Crippen molar-refractivity contribution in [3.8, 4) is 16.9 Å². The number of nitrogens with one attached hydrogen (secondary N) is 1. The Morgan fingerprint density at radius 1 is 1.07 bits per heavy atom. The van der Waals surface area contributed by atoms with Crippen LogP contribution in [-0.4, -0.2) is 18.1 Å². The number of pyridine rings is 1. The number of hydrogen-bond donors (Lipinski definition) is 1. The molecule has 2 aromatic carbocycles. The standard InChI is InChI=1S/C22H21FN2O.ClH/c1-24-22(21-11-8-16-4-2-3-5-20(16)26-21)18-12-17(13-25-14-18)15-6-9-19(23)10-7-15;/h2-7,9-10,12-14,21-22,24H,8,11H2,1H3;1H/t21-,22?;/m1./s1. The number of likely N-dealkylation sites (N-methyl/N-ethyl adjacent to an activating group) is 1. The summed E-state index contributed by atoms with van der Waals surface area (Å²) in [5, 5.41) is 3.38. The van der Waals surface area contributed by atoms with E-state index in [1.807, 2.05) is 31.4 Å². The molecule has 4 rings (SSSR count). The third kappa shape index (κ3) is 4.12. The number of fused-ring (bicyclic) bond motifs is 1. The maximum atomic E-state index is 13.2. The zero-order valence-electron chi connectivity index (χ0n) is 15.1. The number of ether oxygens (including phenoxy) is 1. The zero-order valence-corrected chi connectivity index (χ0v) is 15.9.